The Hall–Kier alpha value is -3.49. The number of aryl methyl sites for hydroxylation is 2. The molecule has 0 spiro atoms. The van der Waals surface area contributed by atoms with Crippen LogP contribution < -0.4 is 15.4 Å². The van der Waals surface area contributed by atoms with Crippen molar-refractivity contribution >= 4 is 44.9 Å². The molecule has 0 bridgehead atoms. The zero-order chi connectivity index (χ0) is 29.4. The first-order valence-electron chi connectivity index (χ1n) is 13.2. The minimum atomic E-state index is -1.73. The molecule has 3 N–H and O–H groups in total. The molecule has 0 aliphatic heterocycles. The van der Waals surface area contributed by atoms with Crippen LogP contribution in [0, 0.1) is 39.5 Å². The van der Waals surface area contributed by atoms with Gasteiger partial charge in [0.1, 0.15) is 17.5 Å². The largest absolute Gasteiger partial charge is 0.496 e. The molecule has 2 amide bonds. The van der Waals surface area contributed by atoms with Crippen molar-refractivity contribution < 1.29 is 24.2 Å². The van der Waals surface area contributed by atoms with Crippen LogP contribution in [0.2, 0.25) is 0 Å². The van der Waals surface area contributed by atoms with Gasteiger partial charge in [0.05, 0.1) is 18.6 Å². The predicted molar refractivity (Wildman–Crippen MR) is 160 cm³/mol. The summed E-state index contributed by atoms with van der Waals surface area (Å²) in [7, 11) is 1.49. The lowest BCUT2D eigenvalue weighted by Gasteiger charge is -2.44. The number of aliphatic hydroxyl groups is 1. The molecule has 0 heterocycles. The second-order valence-electron chi connectivity index (χ2n) is 10.8. The Balaban J connectivity index is 1.86. The number of amides is 2. The Kier molecular flexibility index (Phi) is 8.52. The van der Waals surface area contributed by atoms with E-state index in [4.69, 9.17) is 4.74 Å². The number of halogens is 1. The molecule has 40 heavy (non-hydrogen) atoms. The molecule has 3 aromatic carbocycles. The molecular formula is C32H35BrN2O5. The summed E-state index contributed by atoms with van der Waals surface area (Å²) < 4.78 is 6.33. The number of carbonyl (C=O) groups excluding carboxylic acids is 3. The first-order chi connectivity index (χ1) is 18.9. The SMILES string of the molecule is COc1ccc(Br)cc1C1C(C(=O)Nc2cccc(C)c2C)C(=O)CC(C)(O)C1C(=O)Nc1cccc(C)c1C. The fourth-order valence-electron chi connectivity index (χ4n) is 5.63. The third kappa shape index (κ3) is 5.69. The number of methoxy groups -OCH3 is 1. The molecule has 3 aromatic rings. The van der Waals surface area contributed by atoms with E-state index in [1.54, 1.807) is 30.3 Å². The molecule has 1 saturated carbocycles. The van der Waals surface area contributed by atoms with E-state index in [9.17, 15) is 19.5 Å². The van der Waals surface area contributed by atoms with Crippen molar-refractivity contribution in [2.45, 2.75) is 52.6 Å². The van der Waals surface area contributed by atoms with Gasteiger partial charge in [0.15, 0.2) is 0 Å². The second kappa shape index (κ2) is 11.6. The third-order valence-electron chi connectivity index (χ3n) is 8.11. The Labute approximate surface area is 243 Å². The first kappa shape index (κ1) is 29.5. The van der Waals surface area contributed by atoms with E-state index in [2.05, 4.69) is 26.6 Å². The quantitative estimate of drug-likeness (QED) is 0.298. The average molecular weight is 608 g/mol. The number of rotatable bonds is 6. The fraction of sp³-hybridized carbons (Fsp3) is 0.344. The molecule has 1 aliphatic rings. The number of ketones is 1. The maximum atomic E-state index is 14.1. The van der Waals surface area contributed by atoms with Gasteiger partial charge in [-0.1, -0.05) is 40.2 Å². The van der Waals surface area contributed by atoms with E-state index in [1.807, 2.05) is 52.0 Å². The van der Waals surface area contributed by atoms with Gasteiger partial charge < -0.3 is 20.5 Å². The van der Waals surface area contributed by atoms with Gasteiger partial charge in [-0.3, -0.25) is 14.4 Å². The summed E-state index contributed by atoms with van der Waals surface area (Å²) in [5.74, 6) is -4.48. The highest BCUT2D eigenvalue weighted by Gasteiger charge is 2.56. The van der Waals surface area contributed by atoms with Crippen molar-refractivity contribution in [2.75, 3.05) is 17.7 Å². The van der Waals surface area contributed by atoms with Crippen LogP contribution in [-0.2, 0) is 14.4 Å². The summed E-state index contributed by atoms with van der Waals surface area (Å²) in [6.07, 6.45) is -0.352. The van der Waals surface area contributed by atoms with Crippen molar-refractivity contribution in [3.8, 4) is 5.75 Å². The van der Waals surface area contributed by atoms with E-state index in [0.717, 1.165) is 22.3 Å². The van der Waals surface area contributed by atoms with Gasteiger partial charge in [0.2, 0.25) is 11.8 Å². The van der Waals surface area contributed by atoms with Crippen LogP contribution in [0.3, 0.4) is 0 Å². The lowest BCUT2D eigenvalue weighted by Crippen LogP contribution is -2.56. The van der Waals surface area contributed by atoms with E-state index in [0.29, 0.717) is 27.2 Å². The van der Waals surface area contributed by atoms with E-state index in [-0.39, 0.29) is 6.42 Å². The van der Waals surface area contributed by atoms with Crippen molar-refractivity contribution in [3.05, 3.63) is 86.9 Å². The molecule has 210 valence electrons. The highest BCUT2D eigenvalue weighted by molar-refractivity contribution is 9.10. The van der Waals surface area contributed by atoms with Gasteiger partial charge in [0.25, 0.3) is 0 Å². The number of nitrogens with one attached hydrogen (secondary N) is 2. The molecule has 1 aliphatic carbocycles. The zero-order valence-electron chi connectivity index (χ0n) is 23.6. The topological polar surface area (TPSA) is 105 Å². The summed E-state index contributed by atoms with van der Waals surface area (Å²) in [4.78, 5) is 41.7. The molecule has 0 aromatic heterocycles. The minimum Gasteiger partial charge on any atom is -0.496 e. The Morgan fingerprint density at radius 2 is 1.48 bits per heavy atom. The highest BCUT2D eigenvalue weighted by Crippen LogP contribution is 2.49. The highest BCUT2D eigenvalue weighted by atomic mass is 79.9. The minimum absolute atomic E-state index is 0.352. The summed E-state index contributed by atoms with van der Waals surface area (Å²) >= 11 is 3.49. The van der Waals surface area contributed by atoms with Crippen LogP contribution in [0.25, 0.3) is 0 Å². The molecule has 0 radical (unpaired) electrons. The van der Waals surface area contributed by atoms with Crippen LogP contribution in [-0.4, -0.2) is 35.4 Å². The lowest BCUT2D eigenvalue weighted by atomic mass is 9.61. The maximum Gasteiger partial charge on any atom is 0.235 e. The smallest absolute Gasteiger partial charge is 0.235 e. The molecule has 1 fully saturated rings. The van der Waals surface area contributed by atoms with Gasteiger partial charge in [-0.2, -0.15) is 0 Å². The van der Waals surface area contributed by atoms with Crippen molar-refractivity contribution in [2.24, 2.45) is 11.8 Å². The van der Waals surface area contributed by atoms with Crippen molar-refractivity contribution in [1.82, 2.24) is 0 Å². The van der Waals surface area contributed by atoms with Gasteiger partial charge in [-0.15, -0.1) is 0 Å². The Morgan fingerprint density at radius 3 is 2.02 bits per heavy atom. The van der Waals surface area contributed by atoms with Crippen LogP contribution in [0.15, 0.2) is 59.1 Å². The lowest BCUT2D eigenvalue weighted by molar-refractivity contribution is -0.150. The van der Waals surface area contributed by atoms with Crippen LogP contribution >= 0.6 is 15.9 Å². The van der Waals surface area contributed by atoms with Gasteiger partial charge >= 0.3 is 0 Å². The predicted octanol–water partition coefficient (Wildman–Crippen LogP) is 6.01. The fourth-order valence-corrected chi connectivity index (χ4v) is 6.00. The van der Waals surface area contributed by atoms with Gasteiger partial charge in [-0.05, 0) is 87.2 Å². The number of ether oxygens (including phenoxy) is 1. The molecule has 4 rings (SSSR count). The Bertz CT molecular complexity index is 1480. The van der Waals surface area contributed by atoms with Gasteiger partial charge in [-0.25, -0.2) is 0 Å². The summed E-state index contributed by atoms with van der Waals surface area (Å²) in [6.45, 7) is 9.17. The van der Waals surface area contributed by atoms with E-state index < -0.39 is 41.0 Å². The van der Waals surface area contributed by atoms with Crippen LogP contribution in [0.4, 0.5) is 11.4 Å². The maximum absolute atomic E-state index is 14.1. The standard InChI is InChI=1S/C32H35BrN2O5/c1-17-9-7-11-23(19(17)3)34-30(37)28-25(36)16-32(5,39)29(27(28)22-15-21(33)13-14-26(22)40-6)31(38)35-24-12-8-10-18(2)20(24)4/h7-15,27-29,39H,16H2,1-6H3,(H,34,37)(H,35,38). The van der Waals surface area contributed by atoms with E-state index in [1.165, 1.54) is 14.0 Å². The normalized spacial score (nSPS) is 22.5. The van der Waals surface area contributed by atoms with E-state index >= 15 is 0 Å². The monoisotopic (exact) mass is 606 g/mol. The number of hydrogen-bond acceptors (Lipinski definition) is 5. The van der Waals surface area contributed by atoms with Crippen molar-refractivity contribution in [3.63, 3.8) is 0 Å². The number of carbonyl (C=O) groups is 3. The Morgan fingerprint density at radius 1 is 0.925 bits per heavy atom. The molecule has 7 nitrogen and oxygen atoms in total. The number of Topliss-reactive ketones (excluding diaryl/α,β-unsaturated/α-hetero) is 1. The third-order valence-corrected chi connectivity index (χ3v) is 8.60. The van der Waals surface area contributed by atoms with Gasteiger partial charge in [0, 0.05) is 33.7 Å². The molecule has 0 saturated heterocycles. The summed E-state index contributed by atoms with van der Waals surface area (Å²) in [6, 6.07) is 16.4. The van der Waals surface area contributed by atoms with Crippen LogP contribution in [0.1, 0.15) is 47.1 Å². The first-order valence-corrected chi connectivity index (χ1v) is 14.0. The number of hydrogen-bond donors (Lipinski definition) is 3. The van der Waals surface area contributed by atoms with Crippen molar-refractivity contribution in [1.29, 1.82) is 0 Å². The number of anilines is 2. The molecule has 4 unspecified atom stereocenters. The summed E-state index contributed by atoms with van der Waals surface area (Å²) in [5, 5.41) is 17.6. The molecule has 8 heteroatoms. The molecular weight excluding hydrogens is 572 g/mol. The average Bonchev–Trinajstić information content (AvgIpc) is 2.88. The second-order valence-corrected chi connectivity index (χ2v) is 11.8. The number of benzene rings is 3. The molecule has 4 atom stereocenters. The zero-order valence-corrected chi connectivity index (χ0v) is 25.2. The van der Waals surface area contributed by atoms with Crippen LogP contribution in [0.5, 0.6) is 5.75 Å². The summed E-state index contributed by atoms with van der Waals surface area (Å²) in [5.41, 5.74) is 3.71.